The minimum atomic E-state index is -3.49. The summed E-state index contributed by atoms with van der Waals surface area (Å²) in [6.45, 7) is 2.81. The van der Waals surface area contributed by atoms with E-state index in [1.807, 2.05) is 18.2 Å². The van der Waals surface area contributed by atoms with Crippen LogP contribution in [0.4, 0.5) is 5.69 Å². The van der Waals surface area contributed by atoms with E-state index in [1.165, 1.54) is 16.4 Å². The predicted molar refractivity (Wildman–Crippen MR) is 125 cm³/mol. The molecule has 1 aromatic heterocycles. The van der Waals surface area contributed by atoms with Gasteiger partial charge in [0.1, 0.15) is 5.75 Å². The number of benzene rings is 2. The molecule has 1 aliphatic heterocycles. The van der Waals surface area contributed by atoms with Crippen molar-refractivity contribution < 1.29 is 22.4 Å². The maximum absolute atomic E-state index is 12.6. The number of sulfonamides is 1. The number of aromatic nitrogens is 2. The Bertz CT molecular complexity index is 1220. The number of anilines is 1. The van der Waals surface area contributed by atoms with Crippen LogP contribution >= 0.6 is 11.8 Å². The lowest BCUT2D eigenvalue weighted by Crippen LogP contribution is -2.27. The second-order valence-electron chi connectivity index (χ2n) is 7.46. The zero-order chi connectivity index (χ0) is 23.4. The van der Waals surface area contributed by atoms with E-state index in [1.54, 1.807) is 32.2 Å². The lowest BCUT2D eigenvalue weighted by Gasteiger charge is -2.16. The molecule has 0 bridgehead atoms. The zero-order valence-corrected chi connectivity index (χ0v) is 19.9. The molecule has 0 aliphatic carbocycles. The molecule has 4 rings (SSSR count). The quantitative estimate of drug-likeness (QED) is 0.478. The van der Waals surface area contributed by atoms with Crippen molar-refractivity contribution in [3.8, 4) is 17.2 Å². The van der Waals surface area contributed by atoms with Crippen molar-refractivity contribution in [3.63, 3.8) is 0 Å². The number of carbonyl (C=O) groups is 1. The molecule has 0 saturated carbocycles. The van der Waals surface area contributed by atoms with Crippen molar-refractivity contribution in [1.82, 2.24) is 14.5 Å². The zero-order valence-electron chi connectivity index (χ0n) is 18.2. The van der Waals surface area contributed by atoms with Gasteiger partial charge in [-0.15, -0.1) is 10.2 Å². The normalized spacial score (nSPS) is 15.3. The van der Waals surface area contributed by atoms with Crippen molar-refractivity contribution in [1.29, 1.82) is 0 Å². The average Bonchev–Trinajstić information content (AvgIpc) is 3.52. The highest BCUT2D eigenvalue weighted by Gasteiger charge is 2.27. The Hall–Kier alpha value is -2.89. The van der Waals surface area contributed by atoms with Crippen LogP contribution < -0.4 is 10.1 Å². The van der Waals surface area contributed by atoms with Gasteiger partial charge in [0.25, 0.3) is 11.1 Å². The van der Waals surface area contributed by atoms with Crippen LogP contribution in [0.15, 0.2) is 63.1 Å². The van der Waals surface area contributed by atoms with Gasteiger partial charge in [0.2, 0.25) is 15.9 Å². The fraction of sp³-hybridized carbons (Fsp3) is 0.318. The summed E-state index contributed by atoms with van der Waals surface area (Å²) in [4.78, 5) is 12.8. The Labute approximate surface area is 196 Å². The first-order valence-electron chi connectivity index (χ1n) is 10.4. The second kappa shape index (κ2) is 9.94. The first kappa shape index (κ1) is 23.3. The fourth-order valence-corrected chi connectivity index (χ4v) is 5.62. The smallest absolute Gasteiger partial charge is 0.277 e. The van der Waals surface area contributed by atoms with Crippen LogP contribution in [0.1, 0.15) is 19.8 Å². The van der Waals surface area contributed by atoms with Crippen LogP contribution in [-0.2, 0) is 14.8 Å². The summed E-state index contributed by atoms with van der Waals surface area (Å²) < 4.78 is 37.8. The molecule has 33 heavy (non-hydrogen) atoms. The number of hydrogen-bond donors (Lipinski definition) is 1. The third kappa shape index (κ3) is 5.21. The van der Waals surface area contributed by atoms with Crippen molar-refractivity contribution in [3.05, 3.63) is 48.5 Å². The van der Waals surface area contributed by atoms with Gasteiger partial charge in [-0.05, 0) is 56.2 Å². The van der Waals surface area contributed by atoms with Crippen LogP contribution in [0.25, 0.3) is 11.5 Å². The number of carbonyl (C=O) groups excluding carboxylic acids is 1. The Morgan fingerprint density at radius 1 is 1.12 bits per heavy atom. The Morgan fingerprint density at radius 3 is 2.52 bits per heavy atom. The van der Waals surface area contributed by atoms with Crippen molar-refractivity contribution in [2.24, 2.45) is 0 Å². The third-order valence-corrected chi connectivity index (χ3v) is 8.06. The van der Waals surface area contributed by atoms with Crippen molar-refractivity contribution in [2.75, 3.05) is 25.5 Å². The number of para-hydroxylation sites is 1. The highest BCUT2D eigenvalue weighted by Crippen LogP contribution is 2.31. The molecule has 1 saturated heterocycles. The van der Waals surface area contributed by atoms with Crippen LogP contribution in [0.3, 0.4) is 0 Å². The van der Waals surface area contributed by atoms with E-state index in [0.29, 0.717) is 36.0 Å². The molecule has 174 valence electrons. The predicted octanol–water partition coefficient (Wildman–Crippen LogP) is 3.65. The van der Waals surface area contributed by atoms with E-state index in [9.17, 15) is 13.2 Å². The summed E-state index contributed by atoms with van der Waals surface area (Å²) in [5.41, 5.74) is 1.17. The summed E-state index contributed by atoms with van der Waals surface area (Å²) in [7, 11) is -1.93. The molecular formula is C22H24N4O5S2. The number of nitrogens with one attached hydrogen (secondary N) is 1. The molecule has 1 unspecified atom stereocenters. The van der Waals surface area contributed by atoms with Crippen molar-refractivity contribution >= 4 is 33.4 Å². The lowest BCUT2D eigenvalue weighted by atomic mass is 10.2. The first-order valence-corrected chi connectivity index (χ1v) is 12.7. The van der Waals surface area contributed by atoms with Gasteiger partial charge in [0.15, 0.2) is 0 Å². The summed E-state index contributed by atoms with van der Waals surface area (Å²) in [5.74, 6) is 0.642. The van der Waals surface area contributed by atoms with Gasteiger partial charge in [-0.25, -0.2) is 8.42 Å². The second-order valence-corrected chi connectivity index (χ2v) is 10.7. The van der Waals surface area contributed by atoms with Crippen LogP contribution in [0, 0.1) is 0 Å². The molecule has 1 aliphatic rings. The molecule has 1 amide bonds. The van der Waals surface area contributed by atoms with Gasteiger partial charge in [0.05, 0.1) is 22.8 Å². The molecule has 3 aromatic rings. The Morgan fingerprint density at radius 2 is 1.82 bits per heavy atom. The topological polar surface area (TPSA) is 115 Å². The molecule has 2 aromatic carbocycles. The standard InChI is InChI=1S/C22H24N4O5S2/c1-15(32-22-25-24-21(31-22)18-7-3-4-8-19(18)30-2)20(27)23-16-9-11-17(12-10-16)33(28,29)26-13-5-6-14-26/h3-4,7-12,15H,5-6,13-14H2,1-2H3,(H,23,27). The fourth-order valence-electron chi connectivity index (χ4n) is 3.42. The SMILES string of the molecule is COc1ccccc1-c1nnc(SC(C)C(=O)Nc2ccc(S(=O)(=O)N3CCCC3)cc2)o1. The lowest BCUT2D eigenvalue weighted by molar-refractivity contribution is -0.115. The van der Waals surface area contributed by atoms with Crippen LogP contribution in [0.2, 0.25) is 0 Å². The molecule has 9 nitrogen and oxygen atoms in total. The maximum atomic E-state index is 12.6. The minimum absolute atomic E-state index is 0.222. The summed E-state index contributed by atoms with van der Waals surface area (Å²) in [5, 5.41) is 10.6. The van der Waals surface area contributed by atoms with Crippen LogP contribution in [-0.4, -0.2) is 54.3 Å². The number of thioether (sulfide) groups is 1. The van der Waals surface area contributed by atoms with Gasteiger partial charge < -0.3 is 14.5 Å². The number of methoxy groups -OCH3 is 1. The van der Waals surface area contributed by atoms with E-state index in [-0.39, 0.29) is 16.0 Å². The van der Waals surface area contributed by atoms with Crippen molar-refractivity contribution in [2.45, 2.75) is 35.1 Å². The average molecular weight is 489 g/mol. The van der Waals surface area contributed by atoms with E-state index in [4.69, 9.17) is 9.15 Å². The molecular weight excluding hydrogens is 464 g/mol. The molecule has 11 heteroatoms. The molecule has 2 heterocycles. The first-order chi connectivity index (χ1) is 15.9. The highest BCUT2D eigenvalue weighted by atomic mass is 32.2. The molecule has 0 radical (unpaired) electrons. The van der Waals surface area contributed by atoms with E-state index in [0.717, 1.165) is 24.6 Å². The van der Waals surface area contributed by atoms with Gasteiger partial charge in [-0.1, -0.05) is 23.9 Å². The van der Waals surface area contributed by atoms with Gasteiger partial charge in [-0.2, -0.15) is 4.31 Å². The molecule has 1 atom stereocenters. The number of ether oxygens (including phenoxy) is 1. The maximum Gasteiger partial charge on any atom is 0.277 e. The highest BCUT2D eigenvalue weighted by molar-refractivity contribution is 8.00. The monoisotopic (exact) mass is 488 g/mol. The van der Waals surface area contributed by atoms with E-state index < -0.39 is 15.3 Å². The third-order valence-electron chi connectivity index (χ3n) is 5.22. The summed E-state index contributed by atoms with van der Waals surface area (Å²) in [6, 6.07) is 13.5. The number of amides is 1. The number of hydrogen-bond acceptors (Lipinski definition) is 8. The number of nitrogens with zero attached hydrogens (tertiary/aromatic N) is 3. The van der Waals surface area contributed by atoms with Crippen LogP contribution in [0.5, 0.6) is 5.75 Å². The molecule has 1 fully saturated rings. The molecule has 0 spiro atoms. The van der Waals surface area contributed by atoms with Gasteiger partial charge in [-0.3, -0.25) is 4.79 Å². The van der Waals surface area contributed by atoms with E-state index >= 15 is 0 Å². The summed E-state index contributed by atoms with van der Waals surface area (Å²) in [6.07, 6.45) is 1.76. The minimum Gasteiger partial charge on any atom is -0.496 e. The largest absolute Gasteiger partial charge is 0.496 e. The van der Waals surface area contributed by atoms with Gasteiger partial charge >= 0.3 is 0 Å². The summed E-state index contributed by atoms with van der Waals surface area (Å²) >= 11 is 1.13. The molecule has 1 N–H and O–H groups in total. The van der Waals surface area contributed by atoms with Gasteiger partial charge in [0, 0.05) is 18.8 Å². The number of rotatable bonds is 8. The Balaban J connectivity index is 1.38. The Kier molecular flexibility index (Phi) is 7.01. The van der Waals surface area contributed by atoms with E-state index in [2.05, 4.69) is 15.5 Å².